The molecule has 13 heavy (non-hydrogen) atoms. The average molecular weight is 180 g/mol. The van der Waals surface area contributed by atoms with Gasteiger partial charge in [-0.25, -0.2) is 0 Å². The lowest BCUT2D eigenvalue weighted by atomic mass is 9.61. The monoisotopic (exact) mass is 180 g/mol. The zero-order valence-electron chi connectivity index (χ0n) is 9.73. The first-order valence-corrected chi connectivity index (χ1v) is 5.97. The van der Waals surface area contributed by atoms with Crippen LogP contribution in [0.2, 0.25) is 5.31 Å². The summed E-state index contributed by atoms with van der Waals surface area (Å²) in [5, 5.41) is 0.144. The van der Waals surface area contributed by atoms with Crippen LogP contribution in [-0.2, 0) is 0 Å². The Balaban J connectivity index is 3.67. The Hall–Kier alpha value is 0.0649. The molecule has 0 heterocycles. The molecule has 0 aliphatic heterocycles. The van der Waals surface area contributed by atoms with E-state index in [-0.39, 0.29) is 5.31 Å². The quantitative estimate of drug-likeness (QED) is 0.381. The van der Waals surface area contributed by atoms with Crippen LogP contribution in [0.5, 0.6) is 0 Å². The van der Waals surface area contributed by atoms with E-state index in [9.17, 15) is 0 Å². The van der Waals surface area contributed by atoms with Crippen molar-refractivity contribution < 1.29 is 0 Å². The smallest absolute Gasteiger partial charge is 0.0663 e. The Labute approximate surface area is 85.9 Å². The van der Waals surface area contributed by atoms with E-state index in [1.165, 1.54) is 44.9 Å². The average Bonchev–Trinajstić information content (AvgIpc) is 2.15. The Morgan fingerprint density at radius 2 is 1.38 bits per heavy atom. The van der Waals surface area contributed by atoms with Crippen LogP contribution in [0.25, 0.3) is 0 Å². The van der Waals surface area contributed by atoms with Crippen molar-refractivity contribution in [2.75, 3.05) is 0 Å². The van der Waals surface area contributed by atoms with Gasteiger partial charge in [-0.1, -0.05) is 77.5 Å². The maximum absolute atomic E-state index is 6.32. The molecule has 0 N–H and O–H groups in total. The van der Waals surface area contributed by atoms with Gasteiger partial charge in [-0.3, -0.25) is 0 Å². The van der Waals surface area contributed by atoms with Crippen LogP contribution in [0, 0.1) is 0 Å². The van der Waals surface area contributed by atoms with Crippen molar-refractivity contribution in [3.05, 3.63) is 0 Å². The van der Waals surface area contributed by atoms with E-state index in [4.69, 9.17) is 7.85 Å². The van der Waals surface area contributed by atoms with Gasteiger partial charge in [0.1, 0.15) is 0 Å². The Morgan fingerprint density at radius 3 is 1.85 bits per heavy atom. The molecule has 0 saturated carbocycles. The summed E-state index contributed by atoms with van der Waals surface area (Å²) in [5.74, 6) is 0. The summed E-state index contributed by atoms with van der Waals surface area (Å²) in [6, 6.07) is 0. The SMILES string of the molecule is [B]C(CC)(CCCC)CCCCC. The van der Waals surface area contributed by atoms with Gasteiger partial charge in [0, 0.05) is 0 Å². The van der Waals surface area contributed by atoms with Crippen molar-refractivity contribution in [3.63, 3.8) is 0 Å². The van der Waals surface area contributed by atoms with Crippen LogP contribution < -0.4 is 0 Å². The molecule has 0 nitrogen and oxygen atoms in total. The number of unbranched alkanes of at least 4 members (excludes halogenated alkanes) is 3. The minimum Gasteiger partial charge on any atom is -0.0663 e. The number of hydrogen-bond donors (Lipinski definition) is 0. The molecule has 1 atom stereocenters. The van der Waals surface area contributed by atoms with Crippen molar-refractivity contribution in [3.8, 4) is 0 Å². The third-order valence-corrected chi connectivity index (χ3v) is 3.01. The molecule has 0 aromatic carbocycles. The van der Waals surface area contributed by atoms with E-state index >= 15 is 0 Å². The number of rotatable bonds is 8. The van der Waals surface area contributed by atoms with Crippen LogP contribution >= 0.6 is 0 Å². The Morgan fingerprint density at radius 1 is 0.846 bits per heavy atom. The van der Waals surface area contributed by atoms with Crippen molar-refractivity contribution in [2.45, 2.75) is 77.5 Å². The minimum absolute atomic E-state index is 0.144. The molecular weight excluding hydrogens is 155 g/mol. The van der Waals surface area contributed by atoms with Crippen molar-refractivity contribution >= 4 is 7.85 Å². The molecule has 0 aliphatic rings. The van der Waals surface area contributed by atoms with Crippen LogP contribution in [0.4, 0.5) is 0 Å². The van der Waals surface area contributed by atoms with Crippen molar-refractivity contribution in [1.29, 1.82) is 0 Å². The second-order valence-electron chi connectivity index (χ2n) is 4.28. The maximum Gasteiger partial charge on any atom is 0.0746 e. The molecule has 1 heteroatoms. The highest BCUT2D eigenvalue weighted by Gasteiger charge is 2.19. The molecule has 0 spiro atoms. The molecule has 2 radical (unpaired) electrons. The van der Waals surface area contributed by atoms with Crippen LogP contribution in [0.1, 0.15) is 72.1 Å². The van der Waals surface area contributed by atoms with E-state index in [0.717, 1.165) is 6.42 Å². The van der Waals surface area contributed by atoms with E-state index in [2.05, 4.69) is 20.8 Å². The maximum atomic E-state index is 6.32. The molecule has 0 amide bonds. The lowest BCUT2D eigenvalue weighted by molar-refractivity contribution is 0.426. The molecule has 0 saturated heterocycles. The van der Waals surface area contributed by atoms with E-state index < -0.39 is 0 Å². The zero-order valence-corrected chi connectivity index (χ0v) is 9.73. The first kappa shape index (κ1) is 13.1. The Bertz CT molecular complexity index is 112. The summed E-state index contributed by atoms with van der Waals surface area (Å²) in [4.78, 5) is 0. The molecule has 0 aromatic heterocycles. The van der Waals surface area contributed by atoms with Crippen molar-refractivity contribution in [2.24, 2.45) is 0 Å². The first-order chi connectivity index (χ1) is 6.18. The van der Waals surface area contributed by atoms with Gasteiger partial charge in [0.2, 0.25) is 0 Å². The van der Waals surface area contributed by atoms with Gasteiger partial charge in [0.25, 0.3) is 0 Å². The Kier molecular flexibility index (Phi) is 7.50. The van der Waals surface area contributed by atoms with E-state index in [1.807, 2.05) is 0 Å². The summed E-state index contributed by atoms with van der Waals surface area (Å²) in [5.41, 5.74) is 0. The van der Waals surface area contributed by atoms with E-state index in [0.29, 0.717) is 0 Å². The first-order valence-electron chi connectivity index (χ1n) is 5.97. The van der Waals surface area contributed by atoms with Crippen LogP contribution in [-0.4, -0.2) is 7.85 Å². The molecule has 0 aliphatic carbocycles. The van der Waals surface area contributed by atoms with Crippen molar-refractivity contribution in [1.82, 2.24) is 0 Å². The van der Waals surface area contributed by atoms with Gasteiger partial charge < -0.3 is 0 Å². The molecule has 1 unspecified atom stereocenters. The molecule has 0 aromatic rings. The molecule has 76 valence electrons. The fraction of sp³-hybridized carbons (Fsp3) is 1.00. The summed E-state index contributed by atoms with van der Waals surface area (Å²) in [7, 11) is 6.32. The molecule has 0 bridgehead atoms. The van der Waals surface area contributed by atoms with Gasteiger partial charge in [-0.2, -0.15) is 0 Å². The minimum atomic E-state index is 0.144. The van der Waals surface area contributed by atoms with E-state index in [1.54, 1.807) is 0 Å². The summed E-state index contributed by atoms with van der Waals surface area (Å²) >= 11 is 0. The lowest BCUT2D eigenvalue weighted by Gasteiger charge is -2.28. The largest absolute Gasteiger partial charge is 0.0746 e. The summed E-state index contributed by atoms with van der Waals surface area (Å²) in [6.07, 6.45) is 10.1. The van der Waals surface area contributed by atoms with Crippen LogP contribution in [0.3, 0.4) is 0 Å². The summed E-state index contributed by atoms with van der Waals surface area (Å²) < 4.78 is 0. The number of hydrogen-bond acceptors (Lipinski definition) is 0. The zero-order chi connectivity index (χ0) is 10.2. The van der Waals surface area contributed by atoms with Crippen LogP contribution in [0.15, 0.2) is 0 Å². The second kappa shape index (κ2) is 7.47. The molecule has 0 fully saturated rings. The highest BCUT2D eigenvalue weighted by molar-refractivity contribution is 6.15. The standard InChI is InChI=1S/C12H25B/c1-4-7-9-11-12(13,6-3)10-8-5-2/h4-11H2,1-3H3. The fourth-order valence-corrected chi connectivity index (χ4v) is 1.73. The molecular formula is C12H25B. The van der Waals surface area contributed by atoms with Gasteiger partial charge in [0.15, 0.2) is 0 Å². The normalized spacial score (nSPS) is 15.6. The summed E-state index contributed by atoms with van der Waals surface area (Å²) in [6.45, 7) is 6.71. The van der Waals surface area contributed by atoms with Gasteiger partial charge >= 0.3 is 0 Å². The van der Waals surface area contributed by atoms with Gasteiger partial charge in [-0.05, 0) is 0 Å². The van der Waals surface area contributed by atoms with Gasteiger partial charge in [-0.15, -0.1) is 0 Å². The lowest BCUT2D eigenvalue weighted by Crippen LogP contribution is -2.11. The molecule has 0 rings (SSSR count). The topological polar surface area (TPSA) is 0 Å². The predicted molar refractivity (Wildman–Crippen MR) is 62.4 cm³/mol. The predicted octanol–water partition coefficient (Wildman–Crippen LogP) is 4.49. The third kappa shape index (κ3) is 6.18. The highest BCUT2D eigenvalue weighted by Crippen LogP contribution is 2.38. The van der Waals surface area contributed by atoms with Gasteiger partial charge in [0.05, 0.1) is 7.85 Å². The second-order valence-corrected chi connectivity index (χ2v) is 4.28. The third-order valence-electron chi connectivity index (χ3n) is 3.01. The highest BCUT2D eigenvalue weighted by atomic mass is 14.2. The fourth-order valence-electron chi connectivity index (χ4n) is 1.73.